The number of hydrogen-bond donors (Lipinski definition) is 0. The fourth-order valence-electron chi connectivity index (χ4n) is 0.621. The average molecular weight is 150 g/mol. The molecule has 0 saturated heterocycles. The molecule has 0 saturated carbocycles. The fourth-order valence-corrected chi connectivity index (χ4v) is 1.28. The molecule has 0 rings (SSSR count). The van der Waals surface area contributed by atoms with E-state index in [0.717, 1.165) is 12.8 Å². The van der Waals surface area contributed by atoms with Crippen molar-refractivity contribution in [2.75, 3.05) is 6.26 Å². The van der Waals surface area contributed by atoms with Crippen molar-refractivity contribution < 1.29 is 8.42 Å². The van der Waals surface area contributed by atoms with Gasteiger partial charge in [0.15, 0.2) is 0 Å². The van der Waals surface area contributed by atoms with Gasteiger partial charge in [-0.15, -0.1) is 0 Å². The minimum Gasteiger partial charge on any atom is -0.229 e. The van der Waals surface area contributed by atoms with E-state index >= 15 is 0 Å². The van der Waals surface area contributed by atoms with Crippen molar-refractivity contribution >= 4 is 9.84 Å². The third-order valence-corrected chi connectivity index (χ3v) is 3.12. The summed E-state index contributed by atoms with van der Waals surface area (Å²) in [6.07, 6.45) is 3.00. The van der Waals surface area contributed by atoms with Gasteiger partial charge in [-0.2, -0.15) is 0 Å². The van der Waals surface area contributed by atoms with Crippen LogP contribution in [0.3, 0.4) is 0 Å². The molecule has 0 aromatic rings. The lowest BCUT2D eigenvalue weighted by molar-refractivity contribution is 0.582. The van der Waals surface area contributed by atoms with Gasteiger partial charge in [0, 0.05) is 6.26 Å². The van der Waals surface area contributed by atoms with Crippen molar-refractivity contribution in [3.8, 4) is 0 Å². The van der Waals surface area contributed by atoms with Gasteiger partial charge in [-0.1, -0.05) is 13.3 Å². The van der Waals surface area contributed by atoms with Crippen LogP contribution < -0.4 is 0 Å². The fraction of sp³-hybridized carbons (Fsp3) is 1.00. The van der Waals surface area contributed by atoms with Crippen LogP contribution in [0.15, 0.2) is 0 Å². The Morgan fingerprint density at radius 3 is 2.00 bits per heavy atom. The molecule has 3 heteroatoms. The molecule has 0 spiro atoms. The van der Waals surface area contributed by atoms with Crippen molar-refractivity contribution in [1.29, 1.82) is 0 Å². The second-order valence-corrected chi connectivity index (χ2v) is 4.89. The lowest BCUT2D eigenvalue weighted by Gasteiger charge is -2.05. The first kappa shape index (κ1) is 8.95. The topological polar surface area (TPSA) is 34.1 Å². The van der Waals surface area contributed by atoms with Gasteiger partial charge >= 0.3 is 0 Å². The molecule has 0 aliphatic heterocycles. The first-order valence-electron chi connectivity index (χ1n) is 3.17. The molecule has 2 nitrogen and oxygen atoms in total. The Labute approximate surface area is 57.2 Å². The summed E-state index contributed by atoms with van der Waals surface area (Å²) in [6.45, 7) is 3.74. The third kappa shape index (κ3) is 3.51. The summed E-state index contributed by atoms with van der Waals surface area (Å²) in [4.78, 5) is 0. The number of rotatable bonds is 3. The molecule has 0 aliphatic carbocycles. The van der Waals surface area contributed by atoms with Crippen LogP contribution >= 0.6 is 0 Å². The SMILES string of the molecule is CCC[C@H](C)S(C)(=O)=O. The van der Waals surface area contributed by atoms with Gasteiger partial charge in [-0.05, 0) is 13.3 Å². The number of sulfone groups is 1. The second kappa shape index (κ2) is 3.20. The monoisotopic (exact) mass is 150 g/mol. The zero-order valence-corrected chi connectivity index (χ0v) is 7.03. The molecule has 0 bridgehead atoms. The molecule has 56 valence electrons. The van der Waals surface area contributed by atoms with E-state index in [1.54, 1.807) is 6.92 Å². The molecule has 0 aromatic heterocycles. The average Bonchev–Trinajstić information content (AvgIpc) is 1.64. The summed E-state index contributed by atoms with van der Waals surface area (Å²) in [7, 11) is -2.76. The molecule has 0 fully saturated rings. The molecule has 0 unspecified atom stereocenters. The highest BCUT2D eigenvalue weighted by molar-refractivity contribution is 7.91. The Morgan fingerprint density at radius 1 is 1.44 bits per heavy atom. The molecule has 0 amide bonds. The van der Waals surface area contributed by atoms with Crippen LogP contribution in [0, 0.1) is 0 Å². The van der Waals surface area contributed by atoms with E-state index in [9.17, 15) is 8.42 Å². The maximum atomic E-state index is 10.7. The van der Waals surface area contributed by atoms with Crippen LogP contribution in [-0.4, -0.2) is 19.9 Å². The Kier molecular flexibility index (Phi) is 3.18. The molecule has 0 radical (unpaired) electrons. The Bertz CT molecular complexity index is 158. The zero-order chi connectivity index (χ0) is 7.49. The highest BCUT2D eigenvalue weighted by Crippen LogP contribution is 2.04. The van der Waals surface area contributed by atoms with Crippen LogP contribution in [-0.2, 0) is 9.84 Å². The third-order valence-electron chi connectivity index (χ3n) is 1.43. The Hall–Kier alpha value is -0.0500. The van der Waals surface area contributed by atoms with Gasteiger partial charge in [0.25, 0.3) is 0 Å². The normalized spacial score (nSPS) is 15.4. The standard InChI is InChI=1S/C6H14O2S/c1-4-5-6(2)9(3,7)8/h6H,4-5H2,1-3H3/t6-/m0/s1. The summed E-state index contributed by atoms with van der Waals surface area (Å²) >= 11 is 0. The largest absolute Gasteiger partial charge is 0.229 e. The predicted octanol–water partition coefficient (Wildman–Crippen LogP) is 1.22. The first-order valence-corrected chi connectivity index (χ1v) is 5.12. The van der Waals surface area contributed by atoms with E-state index in [-0.39, 0.29) is 5.25 Å². The van der Waals surface area contributed by atoms with Gasteiger partial charge in [0.1, 0.15) is 9.84 Å². The summed E-state index contributed by atoms with van der Waals surface area (Å²) < 4.78 is 21.4. The van der Waals surface area contributed by atoms with E-state index in [2.05, 4.69) is 0 Å². The quantitative estimate of drug-likeness (QED) is 0.606. The van der Waals surface area contributed by atoms with E-state index in [0.29, 0.717) is 0 Å². The minimum absolute atomic E-state index is 0.164. The molecule has 9 heavy (non-hydrogen) atoms. The predicted molar refractivity (Wildman–Crippen MR) is 39.2 cm³/mol. The number of hydrogen-bond acceptors (Lipinski definition) is 2. The van der Waals surface area contributed by atoms with E-state index in [4.69, 9.17) is 0 Å². The second-order valence-electron chi connectivity index (χ2n) is 2.43. The van der Waals surface area contributed by atoms with Crippen molar-refractivity contribution in [2.24, 2.45) is 0 Å². The highest BCUT2D eigenvalue weighted by Gasteiger charge is 2.12. The molecule has 0 heterocycles. The summed E-state index contributed by atoms with van der Waals surface area (Å²) in [6, 6.07) is 0. The summed E-state index contributed by atoms with van der Waals surface area (Å²) in [5, 5.41) is -0.164. The van der Waals surface area contributed by atoms with E-state index in [1.165, 1.54) is 6.26 Å². The maximum absolute atomic E-state index is 10.7. The van der Waals surface area contributed by atoms with Crippen LogP contribution in [0.4, 0.5) is 0 Å². The van der Waals surface area contributed by atoms with Crippen molar-refractivity contribution in [1.82, 2.24) is 0 Å². The Balaban J connectivity index is 3.90. The van der Waals surface area contributed by atoms with Crippen LogP contribution in [0.1, 0.15) is 26.7 Å². The van der Waals surface area contributed by atoms with E-state index < -0.39 is 9.84 Å². The molecular formula is C6H14O2S. The van der Waals surface area contributed by atoms with Crippen LogP contribution in [0.2, 0.25) is 0 Å². The zero-order valence-electron chi connectivity index (χ0n) is 6.22. The molecular weight excluding hydrogens is 136 g/mol. The molecule has 1 atom stereocenters. The van der Waals surface area contributed by atoms with Gasteiger partial charge in [-0.3, -0.25) is 0 Å². The van der Waals surface area contributed by atoms with E-state index in [1.807, 2.05) is 6.92 Å². The maximum Gasteiger partial charge on any atom is 0.150 e. The molecule has 0 N–H and O–H groups in total. The van der Waals surface area contributed by atoms with Crippen molar-refractivity contribution in [3.63, 3.8) is 0 Å². The Morgan fingerprint density at radius 2 is 1.89 bits per heavy atom. The van der Waals surface area contributed by atoms with Gasteiger partial charge < -0.3 is 0 Å². The molecule has 0 aromatic carbocycles. The minimum atomic E-state index is -2.76. The van der Waals surface area contributed by atoms with Crippen molar-refractivity contribution in [3.05, 3.63) is 0 Å². The van der Waals surface area contributed by atoms with Gasteiger partial charge in [0.05, 0.1) is 5.25 Å². The summed E-state index contributed by atoms with van der Waals surface area (Å²) in [5.41, 5.74) is 0. The lowest BCUT2D eigenvalue weighted by atomic mass is 10.3. The van der Waals surface area contributed by atoms with Gasteiger partial charge in [-0.25, -0.2) is 8.42 Å². The van der Waals surface area contributed by atoms with Crippen LogP contribution in [0.25, 0.3) is 0 Å². The smallest absolute Gasteiger partial charge is 0.150 e. The van der Waals surface area contributed by atoms with Crippen molar-refractivity contribution in [2.45, 2.75) is 31.9 Å². The van der Waals surface area contributed by atoms with Gasteiger partial charge in [0.2, 0.25) is 0 Å². The van der Waals surface area contributed by atoms with Crippen LogP contribution in [0.5, 0.6) is 0 Å². The summed E-state index contributed by atoms with van der Waals surface area (Å²) in [5.74, 6) is 0. The lowest BCUT2D eigenvalue weighted by Crippen LogP contribution is -2.14. The first-order chi connectivity index (χ1) is 3.98. The molecule has 0 aliphatic rings. The highest BCUT2D eigenvalue weighted by atomic mass is 32.2.